The third-order valence-electron chi connectivity index (χ3n) is 2.82. The molecule has 0 bridgehead atoms. The second kappa shape index (κ2) is 4.90. The van der Waals surface area contributed by atoms with E-state index >= 15 is 0 Å². The third kappa shape index (κ3) is 2.33. The molecule has 0 aliphatic carbocycles. The Kier molecular flexibility index (Phi) is 3.08. The molecule has 2 aromatic heterocycles. The number of nitrogens with zero attached hydrogens (tertiary/aromatic N) is 2. The number of nitrogen functional groups attached to an aromatic ring is 1. The van der Waals surface area contributed by atoms with Crippen LogP contribution < -0.4 is 11.1 Å². The summed E-state index contributed by atoms with van der Waals surface area (Å²) < 4.78 is 0. The number of para-hydroxylation sites is 1. The summed E-state index contributed by atoms with van der Waals surface area (Å²) in [7, 11) is 0. The maximum Gasteiger partial charge on any atom is 0.276 e. The average Bonchev–Trinajstić information content (AvgIpc) is 2.84. The summed E-state index contributed by atoms with van der Waals surface area (Å²) >= 11 is 1.38. The standard InChI is InChI=1S/C14H12N4OS/c1-8-7-20-14(16-8)18-13(19)12-6-10(15)9-4-2-3-5-11(9)17-12/h2-7H,1H3,(H2,15,17)(H,16,18,19). The van der Waals surface area contributed by atoms with E-state index < -0.39 is 0 Å². The number of nitrogens with two attached hydrogens (primary N) is 1. The van der Waals surface area contributed by atoms with Crippen molar-refractivity contribution in [2.45, 2.75) is 6.92 Å². The van der Waals surface area contributed by atoms with Gasteiger partial charge in [-0.15, -0.1) is 11.3 Å². The minimum atomic E-state index is -0.309. The molecule has 0 aliphatic heterocycles. The van der Waals surface area contributed by atoms with E-state index in [9.17, 15) is 4.79 Å². The van der Waals surface area contributed by atoms with Crippen LogP contribution in [0, 0.1) is 6.92 Å². The summed E-state index contributed by atoms with van der Waals surface area (Å²) in [5, 5.41) is 5.99. The SMILES string of the molecule is Cc1csc(NC(=O)c2cc(N)c3ccccc3n2)n1. The average molecular weight is 284 g/mol. The maximum absolute atomic E-state index is 12.2. The number of pyridine rings is 1. The van der Waals surface area contributed by atoms with Gasteiger partial charge >= 0.3 is 0 Å². The number of carbonyl (C=O) groups is 1. The van der Waals surface area contributed by atoms with Crippen LogP contribution in [0.4, 0.5) is 10.8 Å². The number of nitrogens with one attached hydrogen (secondary N) is 1. The summed E-state index contributed by atoms with van der Waals surface area (Å²) in [6.45, 7) is 1.87. The van der Waals surface area contributed by atoms with Crippen molar-refractivity contribution in [2.75, 3.05) is 11.1 Å². The Morgan fingerprint density at radius 3 is 2.85 bits per heavy atom. The fourth-order valence-corrected chi connectivity index (χ4v) is 2.57. The van der Waals surface area contributed by atoms with Crippen LogP contribution in [0.3, 0.4) is 0 Å². The number of amides is 1. The zero-order valence-electron chi connectivity index (χ0n) is 10.8. The number of hydrogen-bond acceptors (Lipinski definition) is 5. The van der Waals surface area contributed by atoms with Crippen LogP contribution in [0.2, 0.25) is 0 Å². The number of hydrogen-bond donors (Lipinski definition) is 2. The molecule has 0 aliphatic rings. The topological polar surface area (TPSA) is 80.9 Å². The molecule has 5 nitrogen and oxygen atoms in total. The molecule has 1 amide bonds. The Bertz CT molecular complexity index is 797. The van der Waals surface area contributed by atoms with Crippen molar-refractivity contribution in [2.24, 2.45) is 0 Å². The van der Waals surface area contributed by atoms with Crippen molar-refractivity contribution >= 4 is 39.0 Å². The molecule has 0 radical (unpaired) electrons. The number of aromatic nitrogens is 2. The van der Waals surface area contributed by atoms with Crippen LogP contribution in [0.5, 0.6) is 0 Å². The number of rotatable bonds is 2. The highest BCUT2D eigenvalue weighted by Crippen LogP contribution is 2.21. The Labute approximate surface area is 119 Å². The van der Waals surface area contributed by atoms with Gasteiger partial charge in [-0.2, -0.15) is 0 Å². The molecule has 0 saturated carbocycles. The van der Waals surface area contributed by atoms with Gasteiger partial charge in [-0.1, -0.05) is 18.2 Å². The normalized spacial score (nSPS) is 10.7. The molecular formula is C14H12N4OS. The van der Waals surface area contributed by atoms with Crippen molar-refractivity contribution in [3.05, 3.63) is 47.1 Å². The summed E-state index contributed by atoms with van der Waals surface area (Å²) in [4.78, 5) is 20.7. The van der Waals surface area contributed by atoms with Gasteiger partial charge in [-0.3, -0.25) is 10.1 Å². The van der Waals surface area contributed by atoms with Gasteiger partial charge in [0.15, 0.2) is 5.13 Å². The molecule has 0 saturated heterocycles. The van der Waals surface area contributed by atoms with Gasteiger partial charge in [0.2, 0.25) is 0 Å². The quantitative estimate of drug-likeness (QED) is 0.758. The van der Waals surface area contributed by atoms with Gasteiger partial charge in [0.1, 0.15) is 5.69 Å². The number of fused-ring (bicyclic) bond motifs is 1. The van der Waals surface area contributed by atoms with Crippen LogP contribution in [0.15, 0.2) is 35.7 Å². The second-order valence-corrected chi connectivity index (χ2v) is 5.22. The molecule has 100 valence electrons. The highest BCUT2D eigenvalue weighted by Gasteiger charge is 2.12. The molecule has 20 heavy (non-hydrogen) atoms. The second-order valence-electron chi connectivity index (χ2n) is 4.36. The molecule has 2 heterocycles. The zero-order valence-corrected chi connectivity index (χ0v) is 11.6. The van der Waals surface area contributed by atoms with Crippen LogP contribution in [-0.2, 0) is 0 Å². The van der Waals surface area contributed by atoms with Crippen LogP contribution in [0.1, 0.15) is 16.2 Å². The molecule has 3 aromatic rings. The van der Waals surface area contributed by atoms with E-state index in [0.717, 1.165) is 11.1 Å². The first-order chi connectivity index (χ1) is 9.63. The van der Waals surface area contributed by atoms with Crippen LogP contribution >= 0.6 is 11.3 Å². The smallest absolute Gasteiger partial charge is 0.276 e. The van der Waals surface area contributed by atoms with Crippen LogP contribution in [0.25, 0.3) is 10.9 Å². The van der Waals surface area contributed by atoms with Crippen molar-refractivity contribution in [3.63, 3.8) is 0 Å². The monoisotopic (exact) mass is 284 g/mol. The summed E-state index contributed by atoms with van der Waals surface area (Å²) in [5.74, 6) is -0.309. The largest absolute Gasteiger partial charge is 0.398 e. The first-order valence-electron chi connectivity index (χ1n) is 6.02. The van der Waals surface area contributed by atoms with Crippen LogP contribution in [-0.4, -0.2) is 15.9 Å². The summed E-state index contributed by atoms with van der Waals surface area (Å²) in [6, 6.07) is 9.04. The van der Waals surface area contributed by atoms with Gasteiger partial charge in [-0.05, 0) is 19.1 Å². The minimum absolute atomic E-state index is 0.286. The van der Waals surface area contributed by atoms with E-state index in [0.29, 0.717) is 16.3 Å². The first kappa shape index (κ1) is 12.6. The van der Waals surface area contributed by atoms with Gasteiger partial charge in [0, 0.05) is 16.5 Å². The van der Waals surface area contributed by atoms with Crippen molar-refractivity contribution < 1.29 is 4.79 Å². The van der Waals surface area contributed by atoms with Gasteiger partial charge in [-0.25, -0.2) is 9.97 Å². The molecule has 0 spiro atoms. The number of anilines is 2. The highest BCUT2D eigenvalue weighted by molar-refractivity contribution is 7.13. The van der Waals surface area contributed by atoms with E-state index in [-0.39, 0.29) is 11.6 Å². The van der Waals surface area contributed by atoms with Gasteiger partial charge in [0.05, 0.1) is 11.2 Å². The van der Waals surface area contributed by atoms with E-state index in [4.69, 9.17) is 5.73 Å². The Morgan fingerprint density at radius 2 is 2.10 bits per heavy atom. The lowest BCUT2D eigenvalue weighted by atomic mass is 10.1. The van der Waals surface area contributed by atoms with Crippen molar-refractivity contribution in [1.29, 1.82) is 0 Å². The molecular weight excluding hydrogens is 272 g/mol. The Balaban J connectivity index is 1.95. The van der Waals surface area contributed by atoms with E-state index in [1.165, 1.54) is 11.3 Å². The Hall–Kier alpha value is -2.47. The number of thiazole rings is 1. The van der Waals surface area contributed by atoms with E-state index in [2.05, 4.69) is 15.3 Å². The first-order valence-corrected chi connectivity index (χ1v) is 6.90. The molecule has 6 heteroatoms. The molecule has 1 aromatic carbocycles. The third-order valence-corrected chi connectivity index (χ3v) is 3.70. The molecule has 3 rings (SSSR count). The zero-order chi connectivity index (χ0) is 14.1. The molecule has 0 atom stereocenters. The lowest BCUT2D eigenvalue weighted by Crippen LogP contribution is -2.14. The van der Waals surface area contributed by atoms with Crippen molar-refractivity contribution in [1.82, 2.24) is 9.97 Å². The molecule has 3 N–H and O–H groups in total. The predicted molar refractivity (Wildman–Crippen MR) is 81.0 cm³/mol. The summed E-state index contributed by atoms with van der Waals surface area (Å²) in [6.07, 6.45) is 0. The summed E-state index contributed by atoms with van der Waals surface area (Å²) in [5.41, 5.74) is 8.36. The number of benzene rings is 1. The lowest BCUT2D eigenvalue weighted by Gasteiger charge is -2.05. The predicted octanol–water partition coefficient (Wildman–Crippen LogP) is 2.83. The fraction of sp³-hybridized carbons (Fsp3) is 0.0714. The molecule has 0 unspecified atom stereocenters. The highest BCUT2D eigenvalue weighted by atomic mass is 32.1. The lowest BCUT2D eigenvalue weighted by molar-refractivity contribution is 0.102. The van der Waals surface area contributed by atoms with Gasteiger partial charge < -0.3 is 5.73 Å². The Morgan fingerprint density at radius 1 is 1.30 bits per heavy atom. The van der Waals surface area contributed by atoms with E-state index in [1.54, 1.807) is 6.07 Å². The molecule has 0 fully saturated rings. The van der Waals surface area contributed by atoms with Gasteiger partial charge in [0.25, 0.3) is 5.91 Å². The van der Waals surface area contributed by atoms with Crippen molar-refractivity contribution in [3.8, 4) is 0 Å². The maximum atomic E-state index is 12.2. The fourth-order valence-electron chi connectivity index (χ4n) is 1.89. The number of carbonyl (C=O) groups excluding carboxylic acids is 1. The minimum Gasteiger partial charge on any atom is -0.398 e. The van der Waals surface area contributed by atoms with E-state index in [1.807, 2.05) is 36.6 Å². The number of aryl methyl sites for hydroxylation is 1.